The number of carbonyl (C=O) groups is 1. The number of piperidine rings is 1. The number of nitrogens with zero attached hydrogens (tertiary/aromatic N) is 4. The van der Waals surface area contributed by atoms with Crippen molar-refractivity contribution in [2.45, 2.75) is 32.1 Å². The molecule has 0 unspecified atom stereocenters. The van der Waals surface area contributed by atoms with Gasteiger partial charge in [-0.1, -0.05) is 0 Å². The van der Waals surface area contributed by atoms with Crippen molar-refractivity contribution in [3.8, 4) is 11.3 Å². The first kappa shape index (κ1) is 18.1. The first-order chi connectivity index (χ1) is 13.7. The SMILES string of the molecule is O=C(CCc1ncc(-c2ccc(F)cc2)o1)Nc1nc(N2CCCCC2)n[nH]1. The quantitative estimate of drug-likeness (QED) is 0.677. The molecule has 3 aromatic rings. The summed E-state index contributed by atoms with van der Waals surface area (Å²) in [6, 6.07) is 5.97. The number of amides is 1. The number of carbonyl (C=O) groups excluding carboxylic acids is 1. The summed E-state index contributed by atoms with van der Waals surface area (Å²) in [6.07, 6.45) is 5.61. The number of halogens is 1. The highest BCUT2D eigenvalue weighted by atomic mass is 19.1. The highest BCUT2D eigenvalue weighted by Gasteiger charge is 2.16. The summed E-state index contributed by atoms with van der Waals surface area (Å²) >= 11 is 0. The smallest absolute Gasteiger partial charge is 0.246 e. The number of anilines is 2. The summed E-state index contributed by atoms with van der Waals surface area (Å²) in [5.74, 6) is 1.42. The third-order valence-electron chi connectivity index (χ3n) is 4.62. The van der Waals surface area contributed by atoms with Crippen LogP contribution in [0.4, 0.5) is 16.3 Å². The van der Waals surface area contributed by atoms with E-state index in [2.05, 4.69) is 30.4 Å². The summed E-state index contributed by atoms with van der Waals surface area (Å²) in [5.41, 5.74) is 0.733. The number of rotatable bonds is 6. The third-order valence-corrected chi connectivity index (χ3v) is 4.62. The summed E-state index contributed by atoms with van der Waals surface area (Å²) in [4.78, 5) is 22.8. The fraction of sp³-hybridized carbons (Fsp3) is 0.368. The Kier molecular flexibility index (Phi) is 5.31. The van der Waals surface area contributed by atoms with Gasteiger partial charge in [-0.2, -0.15) is 4.98 Å². The molecule has 0 saturated carbocycles. The molecule has 2 N–H and O–H groups in total. The largest absolute Gasteiger partial charge is 0.441 e. The number of hydrogen-bond donors (Lipinski definition) is 2. The number of H-pyrrole nitrogens is 1. The molecule has 0 aliphatic carbocycles. The van der Waals surface area contributed by atoms with Gasteiger partial charge in [-0.3, -0.25) is 10.1 Å². The summed E-state index contributed by atoms with van der Waals surface area (Å²) < 4.78 is 18.6. The zero-order valence-electron chi connectivity index (χ0n) is 15.3. The molecule has 1 aliphatic heterocycles. The second-order valence-corrected chi connectivity index (χ2v) is 6.71. The Bertz CT molecular complexity index is 930. The van der Waals surface area contributed by atoms with Crippen LogP contribution in [0.1, 0.15) is 31.6 Å². The van der Waals surface area contributed by atoms with Gasteiger partial charge in [0.15, 0.2) is 11.7 Å². The lowest BCUT2D eigenvalue weighted by atomic mass is 10.1. The van der Waals surface area contributed by atoms with E-state index in [4.69, 9.17) is 4.42 Å². The zero-order chi connectivity index (χ0) is 19.3. The number of hydrogen-bond acceptors (Lipinski definition) is 6. The van der Waals surface area contributed by atoms with Crippen molar-refractivity contribution in [2.24, 2.45) is 0 Å². The van der Waals surface area contributed by atoms with Crippen molar-refractivity contribution in [1.29, 1.82) is 0 Å². The number of aromatic nitrogens is 4. The van der Waals surface area contributed by atoms with E-state index in [-0.39, 0.29) is 18.1 Å². The maximum absolute atomic E-state index is 13.0. The van der Waals surface area contributed by atoms with Gasteiger partial charge in [0.2, 0.25) is 17.8 Å². The van der Waals surface area contributed by atoms with Crippen LogP contribution in [0.25, 0.3) is 11.3 Å². The number of aryl methyl sites for hydroxylation is 1. The first-order valence-corrected chi connectivity index (χ1v) is 9.35. The maximum atomic E-state index is 13.0. The third kappa shape index (κ3) is 4.36. The van der Waals surface area contributed by atoms with Crippen molar-refractivity contribution in [3.05, 3.63) is 42.2 Å². The van der Waals surface area contributed by atoms with Crippen LogP contribution < -0.4 is 10.2 Å². The van der Waals surface area contributed by atoms with Gasteiger partial charge < -0.3 is 9.32 Å². The maximum Gasteiger partial charge on any atom is 0.246 e. The molecule has 28 heavy (non-hydrogen) atoms. The highest BCUT2D eigenvalue weighted by Crippen LogP contribution is 2.21. The molecular formula is C19H21FN6O2. The highest BCUT2D eigenvalue weighted by molar-refractivity contribution is 5.89. The molecule has 0 radical (unpaired) electrons. The van der Waals surface area contributed by atoms with Gasteiger partial charge in [0.05, 0.1) is 6.20 Å². The molecule has 0 atom stereocenters. The monoisotopic (exact) mass is 384 g/mol. The van der Waals surface area contributed by atoms with Crippen molar-refractivity contribution in [2.75, 3.05) is 23.3 Å². The second kappa shape index (κ2) is 8.20. The van der Waals surface area contributed by atoms with Gasteiger partial charge in [0, 0.05) is 31.5 Å². The summed E-state index contributed by atoms with van der Waals surface area (Å²) in [6.45, 7) is 1.87. The molecule has 1 aromatic carbocycles. The number of aromatic amines is 1. The Morgan fingerprint density at radius 3 is 2.79 bits per heavy atom. The molecule has 0 spiro atoms. The minimum Gasteiger partial charge on any atom is -0.441 e. The summed E-state index contributed by atoms with van der Waals surface area (Å²) in [7, 11) is 0. The van der Waals surface area contributed by atoms with E-state index in [0.717, 1.165) is 31.5 Å². The van der Waals surface area contributed by atoms with E-state index >= 15 is 0 Å². The Morgan fingerprint density at radius 2 is 2.00 bits per heavy atom. The number of benzene rings is 1. The molecule has 1 fully saturated rings. The molecule has 4 rings (SSSR count). The second-order valence-electron chi connectivity index (χ2n) is 6.71. The van der Waals surface area contributed by atoms with Gasteiger partial charge in [0.1, 0.15) is 5.82 Å². The lowest BCUT2D eigenvalue weighted by Crippen LogP contribution is -2.30. The number of oxazole rings is 1. The molecule has 146 valence electrons. The van der Waals surface area contributed by atoms with Crippen LogP contribution in [0.2, 0.25) is 0 Å². The van der Waals surface area contributed by atoms with Crippen LogP contribution in [-0.4, -0.2) is 39.2 Å². The minimum absolute atomic E-state index is 0.198. The van der Waals surface area contributed by atoms with Crippen LogP contribution >= 0.6 is 0 Å². The molecule has 0 bridgehead atoms. The molecule has 8 nitrogen and oxygen atoms in total. The van der Waals surface area contributed by atoms with Crippen LogP contribution in [0.3, 0.4) is 0 Å². The van der Waals surface area contributed by atoms with Crippen LogP contribution in [0.15, 0.2) is 34.9 Å². The predicted octanol–water partition coefficient (Wildman–Crippen LogP) is 3.16. The molecule has 1 aliphatic rings. The van der Waals surface area contributed by atoms with Crippen molar-refractivity contribution >= 4 is 17.8 Å². The van der Waals surface area contributed by atoms with Crippen molar-refractivity contribution < 1.29 is 13.6 Å². The Morgan fingerprint density at radius 1 is 1.21 bits per heavy atom. The first-order valence-electron chi connectivity index (χ1n) is 9.35. The van der Waals surface area contributed by atoms with Gasteiger partial charge >= 0.3 is 0 Å². The fourth-order valence-corrected chi connectivity index (χ4v) is 3.13. The van der Waals surface area contributed by atoms with Gasteiger partial charge in [0.25, 0.3) is 0 Å². The van der Waals surface area contributed by atoms with Crippen molar-refractivity contribution in [3.63, 3.8) is 0 Å². The van der Waals surface area contributed by atoms with Crippen molar-refractivity contribution in [1.82, 2.24) is 20.2 Å². The van der Waals surface area contributed by atoms with E-state index in [1.54, 1.807) is 18.3 Å². The minimum atomic E-state index is -0.309. The normalized spacial score (nSPS) is 14.2. The molecule has 3 heterocycles. The molecule has 1 amide bonds. The Hall–Kier alpha value is -3.23. The van der Waals surface area contributed by atoms with E-state index in [9.17, 15) is 9.18 Å². The Labute approximate surface area is 161 Å². The van der Waals surface area contributed by atoms with E-state index in [0.29, 0.717) is 30.0 Å². The zero-order valence-corrected chi connectivity index (χ0v) is 15.3. The summed E-state index contributed by atoms with van der Waals surface area (Å²) in [5, 5.41) is 9.64. The standard InChI is InChI=1S/C19H21FN6O2/c20-14-6-4-13(5-7-14)15-12-21-17(28-15)9-8-16(27)22-18-23-19(25-24-18)26-10-2-1-3-11-26/h4-7,12H,1-3,8-11H2,(H2,22,23,24,25,27). The number of nitrogens with one attached hydrogen (secondary N) is 2. The topological polar surface area (TPSA) is 99.9 Å². The molecular weight excluding hydrogens is 363 g/mol. The van der Waals surface area contributed by atoms with Gasteiger partial charge in [-0.05, 0) is 43.5 Å². The van der Waals surface area contributed by atoms with Gasteiger partial charge in [-0.15, -0.1) is 5.10 Å². The fourth-order valence-electron chi connectivity index (χ4n) is 3.13. The molecule has 2 aromatic heterocycles. The lowest BCUT2D eigenvalue weighted by Gasteiger charge is -2.24. The molecule has 1 saturated heterocycles. The Balaban J connectivity index is 1.29. The predicted molar refractivity (Wildman–Crippen MR) is 101 cm³/mol. The average molecular weight is 384 g/mol. The van der Waals surface area contributed by atoms with E-state index in [1.165, 1.54) is 18.6 Å². The van der Waals surface area contributed by atoms with Crippen LogP contribution in [0.5, 0.6) is 0 Å². The van der Waals surface area contributed by atoms with Crippen LogP contribution in [0, 0.1) is 5.82 Å². The van der Waals surface area contributed by atoms with E-state index < -0.39 is 0 Å². The lowest BCUT2D eigenvalue weighted by molar-refractivity contribution is -0.116. The molecule has 9 heteroatoms. The van der Waals surface area contributed by atoms with Gasteiger partial charge in [-0.25, -0.2) is 14.5 Å². The average Bonchev–Trinajstić information content (AvgIpc) is 3.37. The van der Waals surface area contributed by atoms with Crippen LogP contribution in [-0.2, 0) is 11.2 Å². The van der Waals surface area contributed by atoms with E-state index in [1.807, 2.05) is 0 Å².